The number of carboxylic acids is 1. The number of carboxylic acid groups (broad SMARTS) is 1. The van der Waals surface area contributed by atoms with E-state index in [1.54, 1.807) is 12.1 Å². The number of hydrogen-bond acceptors (Lipinski definition) is 3. The van der Waals surface area contributed by atoms with E-state index in [0.29, 0.717) is 5.56 Å². The SMILES string of the molecule is CCCCN(CC)c1ccc(C(=O)N(C)CC(=O)O)cc1. The number of hydrogen-bond donors (Lipinski definition) is 1. The molecule has 1 amide bonds. The number of aliphatic carboxylic acids is 1. The number of carbonyl (C=O) groups is 2. The van der Waals surface area contributed by atoms with E-state index >= 15 is 0 Å². The maximum atomic E-state index is 12.1. The fourth-order valence-corrected chi connectivity index (χ4v) is 2.13. The highest BCUT2D eigenvalue weighted by Gasteiger charge is 2.14. The number of benzene rings is 1. The zero-order valence-corrected chi connectivity index (χ0v) is 13.0. The van der Waals surface area contributed by atoms with Crippen LogP contribution in [-0.4, -0.2) is 48.6 Å². The molecule has 0 radical (unpaired) electrons. The summed E-state index contributed by atoms with van der Waals surface area (Å²) in [6.07, 6.45) is 2.28. The minimum Gasteiger partial charge on any atom is -0.480 e. The Bertz CT molecular complexity index is 471. The Hall–Kier alpha value is -2.04. The van der Waals surface area contributed by atoms with Gasteiger partial charge in [0.05, 0.1) is 0 Å². The molecule has 0 aromatic heterocycles. The van der Waals surface area contributed by atoms with Gasteiger partial charge in [0.25, 0.3) is 5.91 Å². The first-order valence-corrected chi connectivity index (χ1v) is 7.31. The highest BCUT2D eigenvalue weighted by Crippen LogP contribution is 2.16. The van der Waals surface area contributed by atoms with Crippen molar-refractivity contribution in [2.24, 2.45) is 0 Å². The van der Waals surface area contributed by atoms with Crippen LogP contribution in [0.3, 0.4) is 0 Å². The summed E-state index contributed by atoms with van der Waals surface area (Å²) >= 11 is 0. The van der Waals surface area contributed by atoms with Crippen molar-refractivity contribution in [2.45, 2.75) is 26.7 Å². The lowest BCUT2D eigenvalue weighted by molar-refractivity contribution is -0.137. The Labute approximate surface area is 126 Å². The second-order valence-electron chi connectivity index (χ2n) is 5.04. The molecule has 0 aliphatic rings. The van der Waals surface area contributed by atoms with Crippen LogP contribution in [0.4, 0.5) is 5.69 Å². The van der Waals surface area contributed by atoms with Crippen LogP contribution in [0.15, 0.2) is 24.3 Å². The molecule has 5 nitrogen and oxygen atoms in total. The van der Waals surface area contributed by atoms with E-state index in [2.05, 4.69) is 18.7 Å². The molecule has 0 aliphatic carbocycles. The molecule has 0 heterocycles. The first kappa shape index (κ1) is 17.0. The van der Waals surface area contributed by atoms with E-state index in [1.807, 2.05) is 12.1 Å². The van der Waals surface area contributed by atoms with Gasteiger partial charge in [0.1, 0.15) is 6.54 Å². The van der Waals surface area contributed by atoms with Crippen LogP contribution in [0.1, 0.15) is 37.0 Å². The molecule has 0 fully saturated rings. The maximum absolute atomic E-state index is 12.1. The molecule has 21 heavy (non-hydrogen) atoms. The van der Waals surface area contributed by atoms with Crippen LogP contribution < -0.4 is 4.90 Å². The molecule has 1 N–H and O–H groups in total. The minimum absolute atomic E-state index is 0.277. The van der Waals surface area contributed by atoms with Gasteiger partial charge in [-0.15, -0.1) is 0 Å². The molecule has 0 atom stereocenters. The predicted octanol–water partition coefficient (Wildman–Crippen LogP) is 2.47. The summed E-state index contributed by atoms with van der Waals surface area (Å²) in [5.74, 6) is -1.29. The summed E-state index contributed by atoms with van der Waals surface area (Å²) in [6, 6.07) is 7.34. The van der Waals surface area contributed by atoms with E-state index < -0.39 is 5.97 Å². The molecule has 0 saturated heterocycles. The fourth-order valence-electron chi connectivity index (χ4n) is 2.13. The Morgan fingerprint density at radius 1 is 1.14 bits per heavy atom. The third-order valence-corrected chi connectivity index (χ3v) is 3.36. The normalized spacial score (nSPS) is 10.2. The van der Waals surface area contributed by atoms with Gasteiger partial charge in [-0.1, -0.05) is 13.3 Å². The van der Waals surface area contributed by atoms with Crippen molar-refractivity contribution in [1.82, 2.24) is 4.90 Å². The molecule has 0 aliphatic heterocycles. The first-order valence-electron chi connectivity index (χ1n) is 7.31. The fraction of sp³-hybridized carbons (Fsp3) is 0.500. The quantitative estimate of drug-likeness (QED) is 0.799. The van der Waals surface area contributed by atoms with E-state index in [4.69, 9.17) is 5.11 Å². The molecule has 0 unspecified atom stereocenters. The highest BCUT2D eigenvalue weighted by atomic mass is 16.4. The lowest BCUT2D eigenvalue weighted by atomic mass is 10.1. The average Bonchev–Trinajstić information content (AvgIpc) is 2.47. The lowest BCUT2D eigenvalue weighted by Crippen LogP contribution is -2.32. The topological polar surface area (TPSA) is 60.9 Å². The van der Waals surface area contributed by atoms with Crippen LogP contribution in [0, 0.1) is 0 Å². The first-order chi connectivity index (χ1) is 9.99. The van der Waals surface area contributed by atoms with E-state index in [-0.39, 0.29) is 12.5 Å². The van der Waals surface area contributed by atoms with Crippen LogP contribution in [-0.2, 0) is 4.79 Å². The summed E-state index contributed by atoms with van der Waals surface area (Å²) in [6.45, 7) is 5.90. The van der Waals surface area contributed by atoms with Gasteiger partial charge in [-0.05, 0) is 37.6 Å². The van der Waals surface area contributed by atoms with E-state index in [0.717, 1.165) is 31.6 Å². The van der Waals surface area contributed by atoms with Gasteiger partial charge < -0.3 is 14.9 Å². The zero-order chi connectivity index (χ0) is 15.8. The Morgan fingerprint density at radius 3 is 2.24 bits per heavy atom. The Kier molecular flexibility index (Phi) is 6.72. The average molecular weight is 292 g/mol. The van der Waals surface area contributed by atoms with Gasteiger partial charge in [0.15, 0.2) is 0 Å². The summed E-state index contributed by atoms with van der Waals surface area (Å²) < 4.78 is 0. The highest BCUT2D eigenvalue weighted by molar-refractivity contribution is 5.95. The van der Waals surface area contributed by atoms with E-state index in [1.165, 1.54) is 11.9 Å². The number of likely N-dealkylation sites (N-methyl/N-ethyl adjacent to an activating group) is 1. The number of anilines is 1. The minimum atomic E-state index is -1.01. The lowest BCUT2D eigenvalue weighted by Gasteiger charge is -2.23. The second kappa shape index (κ2) is 8.29. The summed E-state index contributed by atoms with van der Waals surface area (Å²) in [7, 11) is 1.49. The molecule has 0 bridgehead atoms. The Morgan fingerprint density at radius 2 is 1.76 bits per heavy atom. The summed E-state index contributed by atoms with van der Waals surface area (Å²) in [4.78, 5) is 26.1. The number of amides is 1. The molecule has 0 saturated carbocycles. The second-order valence-corrected chi connectivity index (χ2v) is 5.04. The van der Waals surface area contributed by atoms with Crippen molar-refractivity contribution in [3.63, 3.8) is 0 Å². The smallest absolute Gasteiger partial charge is 0.323 e. The van der Waals surface area contributed by atoms with Gasteiger partial charge in [0, 0.05) is 31.4 Å². The van der Waals surface area contributed by atoms with Crippen molar-refractivity contribution < 1.29 is 14.7 Å². The van der Waals surface area contributed by atoms with Crippen molar-refractivity contribution >= 4 is 17.6 Å². The van der Waals surface area contributed by atoms with Crippen LogP contribution in [0.5, 0.6) is 0 Å². The third-order valence-electron chi connectivity index (χ3n) is 3.36. The monoisotopic (exact) mass is 292 g/mol. The number of rotatable bonds is 8. The molecule has 116 valence electrons. The van der Waals surface area contributed by atoms with E-state index in [9.17, 15) is 9.59 Å². The maximum Gasteiger partial charge on any atom is 0.323 e. The standard InChI is InChI=1S/C16H24N2O3/c1-4-6-11-18(5-2)14-9-7-13(8-10-14)16(21)17(3)12-15(19)20/h7-10H,4-6,11-12H2,1-3H3,(H,19,20). The summed E-state index contributed by atoms with van der Waals surface area (Å²) in [5.41, 5.74) is 1.59. The number of carbonyl (C=O) groups excluding carboxylic acids is 1. The molecule has 0 spiro atoms. The summed E-state index contributed by atoms with van der Waals surface area (Å²) in [5, 5.41) is 8.71. The van der Waals surface area contributed by atoms with Crippen LogP contribution >= 0.6 is 0 Å². The molecular weight excluding hydrogens is 268 g/mol. The molecular formula is C16H24N2O3. The zero-order valence-electron chi connectivity index (χ0n) is 13.0. The van der Waals surface area contributed by atoms with Gasteiger partial charge >= 0.3 is 5.97 Å². The third kappa shape index (κ3) is 5.10. The number of nitrogens with zero attached hydrogens (tertiary/aromatic N) is 2. The van der Waals surface area contributed by atoms with Crippen molar-refractivity contribution in [2.75, 3.05) is 31.6 Å². The number of unbranched alkanes of at least 4 members (excludes halogenated alkanes) is 1. The van der Waals surface area contributed by atoms with Gasteiger partial charge in [-0.2, -0.15) is 0 Å². The molecule has 1 aromatic carbocycles. The van der Waals surface area contributed by atoms with Gasteiger partial charge in [-0.25, -0.2) is 0 Å². The van der Waals surface area contributed by atoms with Crippen molar-refractivity contribution in [1.29, 1.82) is 0 Å². The van der Waals surface area contributed by atoms with Crippen LogP contribution in [0.25, 0.3) is 0 Å². The van der Waals surface area contributed by atoms with Gasteiger partial charge in [0.2, 0.25) is 0 Å². The molecule has 1 aromatic rings. The van der Waals surface area contributed by atoms with Crippen LogP contribution in [0.2, 0.25) is 0 Å². The predicted molar refractivity (Wildman–Crippen MR) is 83.8 cm³/mol. The van der Waals surface area contributed by atoms with Crippen molar-refractivity contribution in [3.05, 3.63) is 29.8 Å². The van der Waals surface area contributed by atoms with Crippen molar-refractivity contribution in [3.8, 4) is 0 Å². The molecule has 5 heteroatoms. The molecule has 1 rings (SSSR count). The largest absolute Gasteiger partial charge is 0.480 e. The van der Waals surface area contributed by atoms with Gasteiger partial charge in [-0.3, -0.25) is 9.59 Å². The Balaban J connectivity index is 2.76.